The average Bonchev–Trinajstić information content (AvgIpc) is 2.78. The van der Waals surface area contributed by atoms with E-state index < -0.39 is 7.82 Å². The summed E-state index contributed by atoms with van der Waals surface area (Å²) in [6, 6.07) is 0. The first kappa shape index (κ1) is 30.4. The molecule has 0 bridgehead atoms. The number of nitrogens with one attached hydrogen (secondary N) is 2. The summed E-state index contributed by atoms with van der Waals surface area (Å²) in [7, 11) is 1.62. The van der Waals surface area contributed by atoms with Crippen LogP contribution in [0, 0.1) is 0 Å². The molecule has 0 spiro atoms. The van der Waals surface area contributed by atoms with E-state index in [2.05, 4.69) is 33.6 Å². The fraction of sp³-hybridized carbons (Fsp3) is 0.714. The molecule has 0 aromatic rings. The van der Waals surface area contributed by atoms with Gasteiger partial charge in [0.1, 0.15) is 0 Å². The number of nitrogens with zero attached hydrogens (tertiary/aromatic N) is 2. The van der Waals surface area contributed by atoms with Gasteiger partial charge >= 0.3 is 7.82 Å². The highest BCUT2D eigenvalue weighted by molar-refractivity contribution is 7.48. The van der Waals surface area contributed by atoms with Crippen LogP contribution in [0.4, 0.5) is 0 Å². The van der Waals surface area contributed by atoms with Crippen LogP contribution >= 0.6 is 7.82 Å². The molecule has 0 aromatic heterocycles. The maximum atomic E-state index is 12.5. The first-order valence-electron chi connectivity index (χ1n) is 10.9. The topological polar surface area (TPSA) is 109 Å². The van der Waals surface area contributed by atoms with Gasteiger partial charge in [-0.1, -0.05) is 13.2 Å². The standard InChI is InChI=1S/C21H41N4O6P/c1-6-20(26)22-12-8-10-14-24(3)16-18-30-32(28,29-5)31-19-17-25(4)15-11-9-13-23-21(27)7-2/h6-7H,1-2,8-19H2,3-5H3,(H,22,26)(H,23,27). The summed E-state index contributed by atoms with van der Waals surface area (Å²) in [6.45, 7) is 11.3. The normalized spacial score (nSPS) is 11.5. The number of hydrogen-bond acceptors (Lipinski definition) is 8. The molecule has 186 valence electrons. The molecule has 11 heteroatoms. The van der Waals surface area contributed by atoms with Crippen molar-refractivity contribution in [3.63, 3.8) is 0 Å². The minimum atomic E-state index is -3.58. The SMILES string of the molecule is C=CC(=O)NCCCCN(C)CCOP(=O)(OC)OCCN(C)CCCCNC(=O)C=C. The zero-order valence-corrected chi connectivity index (χ0v) is 20.7. The number of phosphoric ester groups is 1. The number of amides is 2. The van der Waals surface area contributed by atoms with Crippen molar-refractivity contribution in [3.05, 3.63) is 25.3 Å². The van der Waals surface area contributed by atoms with Gasteiger partial charge in [0.05, 0.1) is 13.2 Å². The summed E-state index contributed by atoms with van der Waals surface area (Å²) < 4.78 is 28.3. The first-order chi connectivity index (χ1) is 15.3. The van der Waals surface area contributed by atoms with Crippen LogP contribution in [0.2, 0.25) is 0 Å². The van der Waals surface area contributed by atoms with Gasteiger partial charge in [-0.15, -0.1) is 0 Å². The molecule has 0 saturated carbocycles. The molecule has 0 atom stereocenters. The Morgan fingerprint density at radius 1 is 0.812 bits per heavy atom. The highest BCUT2D eigenvalue weighted by Crippen LogP contribution is 2.48. The maximum absolute atomic E-state index is 12.5. The zero-order valence-electron chi connectivity index (χ0n) is 19.8. The molecule has 0 radical (unpaired) electrons. The van der Waals surface area contributed by atoms with E-state index in [1.54, 1.807) is 0 Å². The molecule has 0 aliphatic heterocycles. The van der Waals surface area contributed by atoms with Gasteiger partial charge in [-0.2, -0.15) is 0 Å². The van der Waals surface area contributed by atoms with E-state index >= 15 is 0 Å². The van der Waals surface area contributed by atoms with Gasteiger partial charge in [-0.25, -0.2) is 4.57 Å². The fourth-order valence-electron chi connectivity index (χ4n) is 2.56. The second-order valence-electron chi connectivity index (χ2n) is 7.31. The first-order valence-corrected chi connectivity index (χ1v) is 12.3. The summed E-state index contributed by atoms with van der Waals surface area (Å²) in [4.78, 5) is 26.2. The van der Waals surface area contributed by atoms with Gasteiger partial charge in [0.2, 0.25) is 11.8 Å². The summed E-state index contributed by atoms with van der Waals surface area (Å²) in [5.74, 6) is -0.329. The largest absolute Gasteiger partial charge is 0.474 e. The third-order valence-electron chi connectivity index (χ3n) is 4.57. The van der Waals surface area contributed by atoms with E-state index in [4.69, 9.17) is 13.6 Å². The molecule has 0 aliphatic rings. The molecular weight excluding hydrogens is 435 g/mol. The van der Waals surface area contributed by atoms with Gasteiger partial charge in [-0.05, 0) is 65.0 Å². The van der Waals surface area contributed by atoms with Crippen molar-refractivity contribution >= 4 is 19.6 Å². The molecule has 10 nitrogen and oxygen atoms in total. The third-order valence-corrected chi connectivity index (χ3v) is 6.02. The van der Waals surface area contributed by atoms with Gasteiger partial charge in [-0.3, -0.25) is 23.2 Å². The van der Waals surface area contributed by atoms with E-state index in [1.807, 2.05) is 14.1 Å². The van der Waals surface area contributed by atoms with E-state index in [0.717, 1.165) is 38.8 Å². The lowest BCUT2D eigenvalue weighted by Crippen LogP contribution is -2.27. The second-order valence-corrected chi connectivity index (χ2v) is 9.08. The van der Waals surface area contributed by atoms with Gasteiger partial charge in [0.15, 0.2) is 0 Å². The Labute approximate surface area is 192 Å². The van der Waals surface area contributed by atoms with Crippen LogP contribution in [0.15, 0.2) is 25.3 Å². The van der Waals surface area contributed by atoms with Crippen molar-refractivity contribution in [1.29, 1.82) is 0 Å². The van der Waals surface area contributed by atoms with Crippen LogP contribution in [-0.4, -0.2) is 95.3 Å². The average molecular weight is 477 g/mol. The van der Waals surface area contributed by atoms with Gasteiger partial charge < -0.3 is 20.4 Å². The summed E-state index contributed by atoms with van der Waals surface area (Å²) in [5, 5.41) is 5.47. The molecule has 0 unspecified atom stereocenters. The Bertz CT molecular complexity index is 559. The summed E-state index contributed by atoms with van der Waals surface area (Å²) in [6.07, 6.45) is 6.07. The predicted octanol–water partition coefficient (Wildman–Crippen LogP) is 1.80. The molecule has 2 amide bonds. The van der Waals surface area contributed by atoms with Crippen LogP contribution in [0.5, 0.6) is 0 Å². The lowest BCUT2D eigenvalue weighted by Gasteiger charge is -2.21. The van der Waals surface area contributed by atoms with Crippen LogP contribution in [0.1, 0.15) is 25.7 Å². The number of unbranched alkanes of at least 4 members (excludes halogenated alkanes) is 2. The van der Waals surface area contributed by atoms with Crippen molar-refractivity contribution < 1.29 is 27.7 Å². The van der Waals surface area contributed by atoms with Crippen LogP contribution < -0.4 is 10.6 Å². The Morgan fingerprint density at radius 3 is 1.56 bits per heavy atom. The number of phosphoric acid groups is 1. The number of hydrogen-bond donors (Lipinski definition) is 2. The van der Waals surface area contributed by atoms with Crippen LogP contribution in [-0.2, 0) is 27.7 Å². The van der Waals surface area contributed by atoms with Crippen LogP contribution in [0.25, 0.3) is 0 Å². The monoisotopic (exact) mass is 476 g/mol. The Morgan fingerprint density at radius 2 is 1.22 bits per heavy atom. The van der Waals surface area contributed by atoms with Gasteiger partial charge in [0, 0.05) is 33.3 Å². The maximum Gasteiger partial charge on any atom is 0.474 e. The van der Waals surface area contributed by atoms with Crippen molar-refractivity contribution in [1.82, 2.24) is 20.4 Å². The lowest BCUT2D eigenvalue weighted by molar-refractivity contribution is -0.117. The summed E-state index contributed by atoms with van der Waals surface area (Å²) >= 11 is 0. The number of likely N-dealkylation sites (N-methyl/N-ethyl adjacent to an activating group) is 2. The zero-order chi connectivity index (χ0) is 24.2. The lowest BCUT2D eigenvalue weighted by atomic mass is 10.3. The molecule has 0 saturated heterocycles. The Balaban J connectivity index is 3.88. The molecule has 0 fully saturated rings. The highest BCUT2D eigenvalue weighted by Gasteiger charge is 2.24. The van der Waals surface area contributed by atoms with Crippen LogP contribution in [0.3, 0.4) is 0 Å². The van der Waals surface area contributed by atoms with E-state index in [1.165, 1.54) is 19.3 Å². The van der Waals surface area contributed by atoms with Crippen molar-refractivity contribution in [2.45, 2.75) is 25.7 Å². The van der Waals surface area contributed by atoms with Crippen molar-refractivity contribution in [2.24, 2.45) is 0 Å². The minimum Gasteiger partial charge on any atom is -0.353 e. The Kier molecular flexibility index (Phi) is 18.0. The molecule has 0 aromatic carbocycles. The third kappa shape index (κ3) is 17.1. The summed E-state index contributed by atoms with van der Waals surface area (Å²) in [5.41, 5.74) is 0. The quantitative estimate of drug-likeness (QED) is 0.147. The predicted molar refractivity (Wildman–Crippen MR) is 126 cm³/mol. The molecule has 0 heterocycles. The molecule has 0 aliphatic carbocycles. The fourth-order valence-corrected chi connectivity index (χ4v) is 3.46. The van der Waals surface area contributed by atoms with E-state index in [0.29, 0.717) is 26.2 Å². The number of rotatable bonds is 21. The van der Waals surface area contributed by atoms with E-state index in [-0.39, 0.29) is 25.0 Å². The number of carbonyl (C=O) groups excluding carboxylic acids is 2. The molecule has 0 rings (SSSR count). The smallest absolute Gasteiger partial charge is 0.353 e. The molecule has 2 N–H and O–H groups in total. The number of carbonyl (C=O) groups is 2. The van der Waals surface area contributed by atoms with E-state index in [9.17, 15) is 14.2 Å². The van der Waals surface area contributed by atoms with Gasteiger partial charge in [0.25, 0.3) is 0 Å². The molecule has 32 heavy (non-hydrogen) atoms. The van der Waals surface area contributed by atoms with Crippen molar-refractivity contribution in [3.8, 4) is 0 Å². The Hall–Kier alpha value is -1.55. The highest BCUT2D eigenvalue weighted by atomic mass is 31.2. The second kappa shape index (κ2) is 19.0. The van der Waals surface area contributed by atoms with Crippen molar-refractivity contribution in [2.75, 3.05) is 73.7 Å². The molecular formula is C21H41N4O6P. The minimum absolute atomic E-state index is 0.164.